The fourth-order valence-corrected chi connectivity index (χ4v) is 2.10. The number of aryl methyl sites for hydroxylation is 2. The fraction of sp³-hybridized carbons (Fsp3) is 0.588. The number of hydrogen-bond acceptors (Lipinski definition) is 4. The van der Waals surface area contributed by atoms with Crippen molar-refractivity contribution in [1.82, 2.24) is 0 Å². The summed E-state index contributed by atoms with van der Waals surface area (Å²) in [7, 11) is 0. The zero-order valence-electron chi connectivity index (χ0n) is 17.8. The topological polar surface area (TPSA) is 44.8 Å². The lowest BCUT2D eigenvalue weighted by atomic mass is 10.1. The molecule has 0 unspecified atom stereocenters. The van der Waals surface area contributed by atoms with Crippen LogP contribution in [0.4, 0.5) is 74.6 Å². The molecule has 2 atom stereocenters. The van der Waals surface area contributed by atoms with Gasteiger partial charge in [0.2, 0.25) is 0 Å². The van der Waals surface area contributed by atoms with Crippen LogP contribution in [0, 0.1) is 13.8 Å². The van der Waals surface area contributed by atoms with Crippen LogP contribution in [-0.2, 0) is 14.3 Å². The third-order valence-corrected chi connectivity index (χ3v) is 4.31. The van der Waals surface area contributed by atoms with Crippen molar-refractivity contribution in [2.24, 2.45) is 0 Å². The van der Waals surface area contributed by atoms with Crippen molar-refractivity contribution >= 4 is 5.97 Å². The van der Waals surface area contributed by atoms with Gasteiger partial charge in [0, 0.05) is 0 Å². The van der Waals surface area contributed by atoms with Gasteiger partial charge in [-0.15, -0.1) is 0 Å². The molecule has 1 aromatic carbocycles. The molecule has 4 nitrogen and oxygen atoms in total. The molecule has 0 aromatic heterocycles. The molecule has 21 heteroatoms. The standard InChI is InChI=1S/C17H9F17O4/c1-6-3-4-8(5-7(6)2)36-9(35)10(18,13(22,23)24)37-17(33,34)12(21,15(28,29)30)38-16(31,32)11(19,20)14(25,26)27/h3-5H,1-2H3/t10-,12-/m0/s1. The molecular formula is C17H9F17O4. The van der Waals surface area contributed by atoms with Gasteiger partial charge >= 0.3 is 54.3 Å². The number of carbonyl (C=O) groups is 1. The van der Waals surface area contributed by atoms with Gasteiger partial charge in [0.15, 0.2) is 0 Å². The van der Waals surface area contributed by atoms with Gasteiger partial charge in [0.05, 0.1) is 0 Å². The first-order chi connectivity index (χ1) is 16.5. The van der Waals surface area contributed by atoms with Crippen molar-refractivity contribution in [3.8, 4) is 5.75 Å². The number of esters is 1. The SMILES string of the molecule is Cc1ccc(OC(=O)[C@](F)(OC(F)(F)[C@@](F)(OC(F)(F)C(F)(F)C(F)(F)F)C(F)(F)F)C(F)(F)F)cc1C. The average molecular weight is 600 g/mol. The minimum Gasteiger partial charge on any atom is -0.422 e. The summed E-state index contributed by atoms with van der Waals surface area (Å²) < 4.78 is 230. The maximum atomic E-state index is 14.4. The highest BCUT2D eigenvalue weighted by Gasteiger charge is 2.85. The van der Waals surface area contributed by atoms with Gasteiger partial charge in [-0.1, -0.05) is 6.07 Å². The maximum absolute atomic E-state index is 14.4. The zero-order chi connectivity index (χ0) is 30.6. The predicted molar refractivity (Wildman–Crippen MR) is 84.4 cm³/mol. The second kappa shape index (κ2) is 9.56. The molecule has 1 rings (SSSR count). The number of alkyl halides is 17. The van der Waals surface area contributed by atoms with E-state index >= 15 is 0 Å². The minimum atomic E-state index is -8.08. The summed E-state index contributed by atoms with van der Waals surface area (Å²) in [6.07, 6.45) is -38.7. The molecule has 0 amide bonds. The van der Waals surface area contributed by atoms with Crippen LogP contribution < -0.4 is 4.74 Å². The third kappa shape index (κ3) is 5.86. The number of halogens is 17. The molecule has 220 valence electrons. The number of rotatable bonds is 8. The van der Waals surface area contributed by atoms with Crippen LogP contribution in [0.15, 0.2) is 18.2 Å². The van der Waals surface area contributed by atoms with Crippen molar-refractivity contribution in [3.05, 3.63) is 29.3 Å². The van der Waals surface area contributed by atoms with Gasteiger partial charge in [0.1, 0.15) is 5.75 Å². The van der Waals surface area contributed by atoms with Crippen LogP contribution in [0.2, 0.25) is 0 Å². The van der Waals surface area contributed by atoms with E-state index in [4.69, 9.17) is 0 Å². The van der Waals surface area contributed by atoms with E-state index in [9.17, 15) is 79.4 Å². The van der Waals surface area contributed by atoms with Gasteiger partial charge in [-0.25, -0.2) is 4.79 Å². The Labute approximate surface area is 198 Å². The van der Waals surface area contributed by atoms with E-state index in [1.807, 2.05) is 4.74 Å². The molecule has 0 radical (unpaired) electrons. The Bertz CT molecular complexity index is 1030. The van der Waals surface area contributed by atoms with Crippen LogP contribution in [0.25, 0.3) is 0 Å². The largest absolute Gasteiger partial charge is 0.462 e. The summed E-state index contributed by atoms with van der Waals surface area (Å²) in [6.45, 7) is 2.55. The quantitative estimate of drug-likeness (QED) is 0.182. The number of carbonyl (C=O) groups excluding carboxylic acids is 1. The lowest BCUT2D eigenvalue weighted by Crippen LogP contribution is -2.68. The first-order valence-corrected chi connectivity index (χ1v) is 8.88. The van der Waals surface area contributed by atoms with Gasteiger partial charge in [-0.2, -0.15) is 74.6 Å². The molecule has 0 fully saturated rings. The van der Waals surface area contributed by atoms with Crippen LogP contribution in [-0.4, -0.2) is 54.3 Å². The summed E-state index contributed by atoms with van der Waals surface area (Å²) in [5.74, 6) is -27.7. The Hall–Kier alpha value is -2.58. The maximum Gasteiger partial charge on any atom is 0.462 e. The van der Waals surface area contributed by atoms with Crippen molar-refractivity contribution in [1.29, 1.82) is 0 Å². The predicted octanol–water partition coefficient (Wildman–Crippen LogP) is 7.08. The van der Waals surface area contributed by atoms with Crippen molar-refractivity contribution in [2.75, 3.05) is 0 Å². The number of benzene rings is 1. The summed E-state index contributed by atoms with van der Waals surface area (Å²) in [6, 6.07) is 2.18. The van der Waals surface area contributed by atoms with Crippen LogP contribution in [0.5, 0.6) is 5.75 Å². The van der Waals surface area contributed by atoms with E-state index in [0.29, 0.717) is 17.7 Å². The summed E-state index contributed by atoms with van der Waals surface area (Å²) in [5, 5.41) is 0. The summed E-state index contributed by atoms with van der Waals surface area (Å²) in [4.78, 5) is 11.7. The summed E-state index contributed by atoms with van der Waals surface area (Å²) >= 11 is 0. The van der Waals surface area contributed by atoms with Gasteiger partial charge in [0.25, 0.3) is 0 Å². The van der Waals surface area contributed by atoms with E-state index in [0.717, 1.165) is 6.07 Å². The zero-order valence-corrected chi connectivity index (χ0v) is 17.8. The Morgan fingerprint density at radius 3 is 1.45 bits per heavy atom. The van der Waals surface area contributed by atoms with Gasteiger partial charge in [-0.3, -0.25) is 9.47 Å². The normalized spacial score (nSPS) is 17.6. The van der Waals surface area contributed by atoms with Crippen LogP contribution in [0.3, 0.4) is 0 Å². The van der Waals surface area contributed by atoms with Gasteiger partial charge in [-0.05, 0) is 37.1 Å². The van der Waals surface area contributed by atoms with E-state index in [-0.39, 0.29) is 5.56 Å². The Morgan fingerprint density at radius 1 is 0.605 bits per heavy atom. The highest BCUT2D eigenvalue weighted by atomic mass is 19.4. The van der Waals surface area contributed by atoms with E-state index in [1.54, 1.807) is 0 Å². The first-order valence-electron chi connectivity index (χ1n) is 8.88. The minimum absolute atomic E-state index is 0.0686. The molecule has 0 aliphatic rings. The molecule has 38 heavy (non-hydrogen) atoms. The smallest absolute Gasteiger partial charge is 0.422 e. The molecule has 0 saturated heterocycles. The molecule has 0 bridgehead atoms. The highest BCUT2D eigenvalue weighted by Crippen LogP contribution is 2.56. The van der Waals surface area contributed by atoms with E-state index in [1.165, 1.54) is 18.6 Å². The Balaban J connectivity index is 3.63. The Kier molecular flexibility index (Phi) is 8.41. The van der Waals surface area contributed by atoms with Crippen LogP contribution >= 0.6 is 0 Å². The van der Waals surface area contributed by atoms with Crippen LogP contribution in [0.1, 0.15) is 11.1 Å². The third-order valence-electron chi connectivity index (χ3n) is 4.31. The second-order valence-electron chi connectivity index (χ2n) is 7.13. The molecule has 0 saturated carbocycles. The summed E-state index contributed by atoms with van der Waals surface area (Å²) in [5.41, 5.74) is 0.398. The fourth-order valence-electron chi connectivity index (χ4n) is 2.10. The number of ether oxygens (including phenoxy) is 3. The molecule has 0 heterocycles. The highest BCUT2D eigenvalue weighted by molar-refractivity contribution is 5.81. The van der Waals surface area contributed by atoms with E-state index in [2.05, 4.69) is 4.74 Å². The second-order valence-corrected chi connectivity index (χ2v) is 7.13. The van der Waals surface area contributed by atoms with Gasteiger partial charge < -0.3 is 4.74 Å². The number of hydrogen-bond donors (Lipinski definition) is 0. The molecular weight excluding hydrogens is 591 g/mol. The molecule has 0 spiro atoms. The van der Waals surface area contributed by atoms with Crippen molar-refractivity contribution in [2.45, 2.75) is 62.2 Å². The molecule has 0 aliphatic heterocycles. The van der Waals surface area contributed by atoms with Crippen molar-refractivity contribution < 1.29 is 93.6 Å². The molecule has 0 N–H and O–H groups in total. The average Bonchev–Trinajstić information content (AvgIpc) is 2.67. The lowest BCUT2D eigenvalue weighted by molar-refractivity contribution is -0.548. The first kappa shape index (κ1) is 33.4. The molecule has 0 aliphatic carbocycles. The van der Waals surface area contributed by atoms with Crippen molar-refractivity contribution in [3.63, 3.8) is 0 Å². The van der Waals surface area contributed by atoms with E-state index < -0.39 is 60.1 Å². The Morgan fingerprint density at radius 2 is 1.08 bits per heavy atom. The lowest BCUT2D eigenvalue weighted by Gasteiger charge is -2.39. The molecule has 1 aromatic rings. The monoisotopic (exact) mass is 600 g/mol.